The first-order valence-electron chi connectivity index (χ1n) is 8.98. The van der Waals surface area contributed by atoms with Crippen LogP contribution in [0.3, 0.4) is 0 Å². The number of aromatic nitrogens is 2. The molecule has 1 aromatic heterocycles. The van der Waals surface area contributed by atoms with Gasteiger partial charge in [0.05, 0.1) is 26.2 Å². The molecule has 1 heterocycles. The van der Waals surface area contributed by atoms with Gasteiger partial charge in [-0.2, -0.15) is 0 Å². The van der Waals surface area contributed by atoms with Crippen LogP contribution in [0.4, 0.5) is 23.2 Å². The highest BCUT2D eigenvalue weighted by Crippen LogP contribution is 2.31. The Morgan fingerprint density at radius 1 is 1.29 bits per heavy atom. The number of nitrogens with zero attached hydrogens (tertiary/aromatic N) is 2. The Hall–Kier alpha value is -3.44. The van der Waals surface area contributed by atoms with Crippen LogP contribution in [-0.4, -0.2) is 48.2 Å². The van der Waals surface area contributed by atoms with Gasteiger partial charge in [0, 0.05) is 11.6 Å². The topological polar surface area (TPSA) is 123 Å². The number of nitrogens with one attached hydrogen (secondary N) is 2. The SMILES string of the molecule is COc1cnc(C(=O)Nc2cc(C)c(F)c([C@H](CF)C[C@H](OC(=N)N)C(F)F)c2)cn1. The van der Waals surface area contributed by atoms with Crippen LogP contribution in [0.25, 0.3) is 0 Å². The molecule has 4 N–H and O–H groups in total. The number of benzene rings is 1. The number of amides is 1. The van der Waals surface area contributed by atoms with Crippen molar-refractivity contribution < 1.29 is 31.8 Å². The number of rotatable bonds is 9. The molecule has 0 aliphatic heterocycles. The van der Waals surface area contributed by atoms with Gasteiger partial charge in [0.2, 0.25) is 5.88 Å². The lowest BCUT2D eigenvalue weighted by Gasteiger charge is -2.23. The first kappa shape index (κ1) is 23.8. The van der Waals surface area contributed by atoms with E-state index in [4.69, 9.17) is 15.9 Å². The first-order chi connectivity index (χ1) is 14.7. The summed E-state index contributed by atoms with van der Waals surface area (Å²) < 4.78 is 64.1. The Bertz CT molecular complexity index is 928. The van der Waals surface area contributed by atoms with E-state index < -0.39 is 49.3 Å². The van der Waals surface area contributed by atoms with Crippen molar-refractivity contribution >= 4 is 17.6 Å². The van der Waals surface area contributed by atoms with Crippen LogP contribution < -0.4 is 15.8 Å². The molecule has 0 fully saturated rings. The maximum Gasteiger partial charge on any atom is 0.279 e. The molecule has 0 saturated heterocycles. The third-order valence-corrected chi connectivity index (χ3v) is 4.31. The van der Waals surface area contributed by atoms with E-state index in [0.29, 0.717) is 0 Å². The van der Waals surface area contributed by atoms with Crippen LogP contribution >= 0.6 is 0 Å². The molecule has 8 nitrogen and oxygen atoms in total. The van der Waals surface area contributed by atoms with E-state index in [-0.39, 0.29) is 28.4 Å². The summed E-state index contributed by atoms with van der Waals surface area (Å²) in [5, 5.41) is 9.49. The van der Waals surface area contributed by atoms with E-state index >= 15 is 0 Å². The van der Waals surface area contributed by atoms with Crippen LogP contribution in [0.15, 0.2) is 24.5 Å². The van der Waals surface area contributed by atoms with Gasteiger partial charge in [-0.25, -0.2) is 23.1 Å². The van der Waals surface area contributed by atoms with E-state index in [1.54, 1.807) is 0 Å². The number of hydrogen-bond acceptors (Lipinski definition) is 6. The number of aryl methyl sites for hydroxylation is 1. The van der Waals surface area contributed by atoms with Gasteiger partial charge < -0.3 is 20.5 Å². The smallest absolute Gasteiger partial charge is 0.279 e. The molecular weight excluding hydrogens is 422 g/mol. The first-order valence-corrected chi connectivity index (χ1v) is 8.98. The largest absolute Gasteiger partial charge is 0.480 e. The molecule has 2 aromatic rings. The number of halogens is 4. The van der Waals surface area contributed by atoms with Crippen molar-refractivity contribution in [2.45, 2.75) is 31.8 Å². The van der Waals surface area contributed by atoms with Gasteiger partial charge >= 0.3 is 0 Å². The predicted octanol–water partition coefficient (Wildman–Crippen LogP) is 3.17. The van der Waals surface area contributed by atoms with E-state index in [1.165, 1.54) is 32.5 Å². The highest BCUT2D eigenvalue weighted by Gasteiger charge is 2.30. The normalized spacial score (nSPS) is 12.9. The number of ether oxygens (including phenoxy) is 2. The Balaban J connectivity index is 2.29. The maximum atomic E-state index is 14.7. The van der Waals surface area contributed by atoms with Crippen molar-refractivity contribution in [2.24, 2.45) is 5.73 Å². The standard InChI is InChI=1S/C19H21F4N5O3/c1-9-3-11(28-18(29)13-7-27-15(30-2)8-26-13)5-12(16(9)21)10(6-20)4-14(17(22)23)31-19(24)25/h3,5,7-8,10,14,17H,4,6H2,1-2H3,(H3,24,25)(H,28,29)/t10-,14-/m0/s1. The van der Waals surface area contributed by atoms with Crippen molar-refractivity contribution in [3.05, 3.63) is 47.2 Å². The molecule has 2 rings (SSSR count). The number of amidine groups is 1. The Labute approximate surface area is 175 Å². The molecule has 0 aliphatic rings. The van der Waals surface area contributed by atoms with Gasteiger partial charge in [0.25, 0.3) is 18.4 Å². The molecule has 0 aliphatic carbocycles. The minimum absolute atomic E-state index is 0.0565. The number of alkyl halides is 3. The fourth-order valence-corrected chi connectivity index (χ4v) is 2.82. The molecule has 0 bridgehead atoms. The molecular formula is C19H21F4N5O3. The summed E-state index contributed by atoms with van der Waals surface area (Å²) in [7, 11) is 1.38. The van der Waals surface area contributed by atoms with Crippen molar-refractivity contribution in [2.75, 3.05) is 19.1 Å². The second-order valence-corrected chi connectivity index (χ2v) is 6.54. The summed E-state index contributed by atoms with van der Waals surface area (Å²) in [6, 6.07) is 1.50. The molecule has 1 amide bonds. The molecule has 168 valence electrons. The third-order valence-electron chi connectivity index (χ3n) is 4.31. The van der Waals surface area contributed by atoms with Gasteiger partial charge in [0.1, 0.15) is 11.5 Å². The highest BCUT2D eigenvalue weighted by atomic mass is 19.3. The average molecular weight is 443 g/mol. The average Bonchev–Trinajstić information content (AvgIpc) is 2.73. The molecule has 12 heteroatoms. The van der Waals surface area contributed by atoms with E-state index in [2.05, 4.69) is 20.0 Å². The zero-order valence-corrected chi connectivity index (χ0v) is 16.7. The van der Waals surface area contributed by atoms with Crippen LogP contribution in [0, 0.1) is 18.2 Å². The van der Waals surface area contributed by atoms with Crippen LogP contribution in [0.5, 0.6) is 5.88 Å². The van der Waals surface area contributed by atoms with E-state index in [1.807, 2.05) is 0 Å². The third kappa shape index (κ3) is 6.27. The zero-order valence-electron chi connectivity index (χ0n) is 16.7. The second-order valence-electron chi connectivity index (χ2n) is 6.54. The van der Waals surface area contributed by atoms with E-state index in [9.17, 15) is 22.4 Å². The Kier molecular flexibility index (Phi) is 8.11. The van der Waals surface area contributed by atoms with Crippen molar-refractivity contribution in [1.29, 1.82) is 5.41 Å². The summed E-state index contributed by atoms with van der Waals surface area (Å²) >= 11 is 0. The van der Waals surface area contributed by atoms with Crippen molar-refractivity contribution in [3.63, 3.8) is 0 Å². The molecule has 0 spiro atoms. The number of methoxy groups -OCH3 is 1. The van der Waals surface area contributed by atoms with Crippen LogP contribution in [0.1, 0.15) is 34.0 Å². The summed E-state index contributed by atoms with van der Waals surface area (Å²) in [6.07, 6.45) is -3.20. The Morgan fingerprint density at radius 3 is 2.52 bits per heavy atom. The number of nitrogens with two attached hydrogens (primary N) is 1. The molecule has 31 heavy (non-hydrogen) atoms. The monoisotopic (exact) mass is 443 g/mol. The Morgan fingerprint density at radius 2 is 2.00 bits per heavy atom. The highest BCUT2D eigenvalue weighted by molar-refractivity contribution is 6.02. The molecule has 2 atom stereocenters. The number of anilines is 1. The fraction of sp³-hybridized carbons (Fsp3) is 0.368. The lowest BCUT2D eigenvalue weighted by molar-refractivity contribution is -0.00680. The van der Waals surface area contributed by atoms with Gasteiger partial charge in [-0.15, -0.1) is 0 Å². The second kappa shape index (κ2) is 10.5. The van der Waals surface area contributed by atoms with Crippen molar-refractivity contribution in [1.82, 2.24) is 9.97 Å². The fourth-order valence-electron chi connectivity index (χ4n) is 2.82. The van der Waals surface area contributed by atoms with Crippen LogP contribution in [0.2, 0.25) is 0 Å². The molecule has 0 unspecified atom stereocenters. The number of hydrogen-bond donors (Lipinski definition) is 3. The summed E-state index contributed by atoms with van der Waals surface area (Å²) in [4.78, 5) is 20.1. The summed E-state index contributed by atoms with van der Waals surface area (Å²) in [5.41, 5.74) is 4.88. The molecule has 1 aromatic carbocycles. The summed E-state index contributed by atoms with van der Waals surface area (Å²) in [5.74, 6) is -2.60. The van der Waals surface area contributed by atoms with Gasteiger partial charge in [0.15, 0.2) is 6.10 Å². The maximum absolute atomic E-state index is 14.7. The molecule has 0 radical (unpaired) electrons. The predicted molar refractivity (Wildman–Crippen MR) is 104 cm³/mol. The van der Waals surface area contributed by atoms with Gasteiger partial charge in [-0.05, 0) is 36.6 Å². The van der Waals surface area contributed by atoms with Gasteiger partial charge in [-0.3, -0.25) is 14.6 Å². The molecule has 0 saturated carbocycles. The van der Waals surface area contributed by atoms with Gasteiger partial charge in [-0.1, -0.05) is 0 Å². The quantitative estimate of drug-likeness (QED) is 0.311. The number of carbonyl (C=O) groups is 1. The zero-order chi connectivity index (χ0) is 23.1. The van der Waals surface area contributed by atoms with Crippen molar-refractivity contribution in [3.8, 4) is 5.88 Å². The van der Waals surface area contributed by atoms with E-state index in [0.717, 1.165) is 6.07 Å². The minimum Gasteiger partial charge on any atom is -0.480 e. The lowest BCUT2D eigenvalue weighted by atomic mass is 9.92. The lowest BCUT2D eigenvalue weighted by Crippen LogP contribution is -2.31. The number of carbonyl (C=O) groups excluding carboxylic acids is 1. The minimum atomic E-state index is -3.07. The van der Waals surface area contributed by atoms with Crippen LogP contribution in [-0.2, 0) is 4.74 Å². The summed E-state index contributed by atoms with van der Waals surface area (Å²) in [6.45, 7) is 0.204.